The van der Waals surface area contributed by atoms with Crippen molar-refractivity contribution in [3.05, 3.63) is 87.7 Å². The number of allylic oxidation sites excluding steroid dienone is 3. The molecule has 162 valence electrons. The Morgan fingerprint density at radius 3 is 2.62 bits per heavy atom. The highest BCUT2D eigenvalue weighted by Crippen LogP contribution is 2.48. The molecule has 1 atom stereocenters. The number of pyridine rings is 1. The summed E-state index contributed by atoms with van der Waals surface area (Å²) in [6.45, 7) is 3.68. The molecule has 3 aromatic rings. The van der Waals surface area contributed by atoms with Crippen LogP contribution in [0.1, 0.15) is 43.7 Å². The second kappa shape index (κ2) is 8.36. The van der Waals surface area contributed by atoms with Crippen molar-refractivity contribution in [3.63, 3.8) is 0 Å². The van der Waals surface area contributed by atoms with E-state index in [1.165, 1.54) is 11.3 Å². The average molecular weight is 445 g/mol. The lowest BCUT2D eigenvalue weighted by atomic mass is 9.78. The number of ketones is 1. The predicted octanol–water partition coefficient (Wildman–Crippen LogP) is 5.25. The Balaban J connectivity index is 1.62. The van der Waals surface area contributed by atoms with Crippen molar-refractivity contribution in [2.45, 2.75) is 39.2 Å². The molecule has 0 spiro atoms. The smallest absolute Gasteiger partial charge is 0.337 e. The van der Waals surface area contributed by atoms with Gasteiger partial charge in [-0.05, 0) is 55.2 Å². The summed E-state index contributed by atoms with van der Waals surface area (Å²) in [6.07, 6.45) is 3.82. The van der Waals surface area contributed by atoms with Crippen molar-refractivity contribution in [2.75, 3.05) is 0 Å². The Morgan fingerprint density at radius 2 is 1.91 bits per heavy atom. The number of carbonyl (C=O) groups is 2. The second-order valence-electron chi connectivity index (χ2n) is 8.36. The minimum absolute atomic E-state index is 0.0496. The van der Waals surface area contributed by atoms with Crippen LogP contribution < -0.4 is 5.32 Å². The summed E-state index contributed by atoms with van der Waals surface area (Å²) >= 11 is 1.53. The van der Waals surface area contributed by atoms with Crippen molar-refractivity contribution in [2.24, 2.45) is 5.92 Å². The third-order valence-electron chi connectivity index (χ3n) is 6.08. The quantitative estimate of drug-likeness (QED) is 0.526. The zero-order valence-electron chi connectivity index (χ0n) is 18.1. The molecule has 1 aliphatic heterocycles. The van der Waals surface area contributed by atoms with Gasteiger partial charge in [0.2, 0.25) is 0 Å². The topological polar surface area (TPSA) is 68.3 Å². The monoisotopic (exact) mass is 444 g/mol. The van der Waals surface area contributed by atoms with Crippen molar-refractivity contribution in [1.29, 1.82) is 0 Å². The summed E-state index contributed by atoms with van der Waals surface area (Å²) in [6, 6.07) is 13.5. The van der Waals surface area contributed by atoms with E-state index < -0.39 is 5.92 Å². The molecule has 0 saturated heterocycles. The molecule has 1 N–H and O–H groups in total. The molecular weight excluding hydrogens is 420 g/mol. The van der Waals surface area contributed by atoms with E-state index >= 15 is 0 Å². The first-order valence-corrected chi connectivity index (χ1v) is 11.7. The Hall–Kier alpha value is -3.25. The number of benzene rings is 1. The Kier molecular flexibility index (Phi) is 5.39. The van der Waals surface area contributed by atoms with Gasteiger partial charge in [0, 0.05) is 34.5 Å². The van der Waals surface area contributed by atoms with Crippen molar-refractivity contribution < 1.29 is 14.3 Å². The summed E-state index contributed by atoms with van der Waals surface area (Å²) in [5.74, 6) is -0.594. The molecule has 1 fully saturated rings. The summed E-state index contributed by atoms with van der Waals surface area (Å²) in [5.41, 5.74) is 4.76. The van der Waals surface area contributed by atoms with E-state index in [4.69, 9.17) is 4.74 Å². The third kappa shape index (κ3) is 3.75. The van der Waals surface area contributed by atoms with E-state index in [1.54, 1.807) is 13.1 Å². The molecule has 32 heavy (non-hydrogen) atoms. The Morgan fingerprint density at radius 1 is 1.12 bits per heavy atom. The molecule has 5 nitrogen and oxygen atoms in total. The molecule has 1 aliphatic carbocycles. The molecule has 2 aromatic heterocycles. The summed E-state index contributed by atoms with van der Waals surface area (Å²) in [4.78, 5) is 31.7. The van der Waals surface area contributed by atoms with Crippen molar-refractivity contribution in [1.82, 2.24) is 10.3 Å². The van der Waals surface area contributed by atoms with Crippen LogP contribution in [0.4, 0.5) is 0 Å². The van der Waals surface area contributed by atoms with Crippen LogP contribution in [0.5, 0.6) is 0 Å². The van der Waals surface area contributed by atoms with Crippen LogP contribution in [0.3, 0.4) is 0 Å². The number of hydrogen-bond acceptors (Lipinski definition) is 6. The summed E-state index contributed by atoms with van der Waals surface area (Å²) < 4.78 is 5.80. The molecule has 1 aromatic carbocycles. The minimum Gasteiger partial charge on any atom is -0.457 e. The zero-order chi connectivity index (χ0) is 22.2. The van der Waals surface area contributed by atoms with Crippen LogP contribution in [0.15, 0.2) is 76.6 Å². The largest absolute Gasteiger partial charge is 0.457 e. The molecule has 0 radical (unpaired) electrons. The van der Waals surface area contributed by atoms with E-state index in [1.807, 2.05) is 54.8 Å². The standard InChI is InChI=1S/C26H24N2O3S/c1-15-21(16(2)29)22(20-14-32-25-19(20)9-6-12-27-25)23(24(28-15)18-10-11-18)26(30)31-13-17-7-4-3-5-8-17/h3-9,12,14,18,22,28H,10-11,13H2,1-2H3. The van der Waals surface area contributed by atoms with E-state index in [0.717, 1.165) is 45.6 Å². The van der Waals surface area contributed by atoms with Gasteiger partial charge in [0.05, 0.1) is 5.57 Å². The zero-order valence-corrected chi connectivity index (χ0v) is 18.9. The van der Waals surface area contributed by atoms with Gasteiger partial charge in [-0.1, -0.05) is 36.4 Å². The first-order valence-electron chi connectivity index (χ1n) is 10.8. The van der Waals surface area contributed by atoms with Gasteiger partial charge < -0.3 is 10.1 Å². The van der Waals surface area contributed by atoms with Crippen LogP contribution in [0.25, 0.3) is 10.2 Å². The van der Waals surface area contributed by atoms with Gasteiger partial charge in [0.25, 0.3) is 0 Å². The molecule has 6 heteroatoms. The highest BCUT2D eigenvalue weighted by atomic mass is 32.1. The molecule has 1 unspecified atom stereocenters. The number of ether oxygens (including phenoxy) is 1. The first-order chi connectivity index (χ1) is 15.5. The van der Waals surface area contributed by atoms with Gasteiger partial charge >= 0.3 is 5.97 Å². The number of esters is 1. The molecular formula is C26H24N2O3S. The van der Waals surface area contributed by atoms with Crippen LogP contribution in [-0.2, 0) is 20.9 Å². The van der Waals surface area contributed by atoms with E-state index in [2.05, 4.69) is 10.3 Å². The maximum atomic E-state index is 13.6. The van der Waals surface area contributed by atoms with Gasteiger partial charge in [-0.3, -0.25) is 4.79 Å². The lowest BCUT2D eigenvalue weighted by Crippen LogP contribution is -2.32. The second-order valence-corrected chi connectivity index (χ2v) is 9.22. The van der Waals surface area contributed by atoms with Crippen LogP contribution in [0.2, 0.25) is 0 Å². The number of carbonyl (C=O) groups excluding carboxylic acids is 2. The van der Waals surface area contributed by atoms with Crippen LogP contribution >= 0.6 is 11.3 Å². The number of fused-ring (bicyclic) bond motifs is 1. The number of rotatable bonds is 6. The molecule has 1 saturated carbocycles. The first kappa shape index (κ1) is 20.6. The van der Waals surface area contributed by atoms with Crippen molar-refractivity contribution in [3.8, 4) is 0 Å². The van der Waals surface area contributed by atoms with Gasteiger partial charge in [-0.15, -0.1) is 11.3 Å². The lowest BCUT2D eigenvalue weighted by molar-refractivity contribution is -0.140. The number of hydrogen-bond donors (Lipinski definition) is 1. The number of thiophene rings is 1. The molecule has 2 aliphatic rings. The SMILES string of the molecule is CC(=O)C1=C(C)NC(C2CC2)=C(C(=O)OCc2ccccc2)C1c1csc2ncccc12. The van der Waals surface area contributed by atoms with E-state index in [0.29, 0.717) is 17.1 Å². The van der Waals surface area contributed by atoms with Gasteiger partial charge in [0.15, 0.2) is 5.78 Å². The number of nitrogens with zero attached hydrogens (tertiary/aromatic N) is 1. The summed E-state index contributed by atoms with van der Waals surface area (Å²) in [7, 11) is 0. The highest BCUT2D eigenvalue weighted by Gasteiger charge is 2.42. The van der Waals surface area contributed by atoms with Crippen molar-refractivity contribution >= 4 is 33.3 Å². The number of Topliss-reactive ketones (excluding diaryl/α,β-unsaturated/α-hetero) is 1. The maximum absolute atomic E-state index is 13.6. The fourth-order valence-electron chi connectivity index (χ4n) is 4.46. The third-order valence-corrected chi connectivity index (χ3v) is 7.00. The highest BCUT2D eigenvalue weighted by molar-refractivity contribution is 7.16. The number of aromatic nitrogens is 1. The fourth-order valence-corrected chi connectivity index (χ4v) is 5.40. The number of dihydropyridines is 1. The normalized spacial score (nSPS) is 18.6. The lowest BCUT2D eigenvalue weighted by Gasteiger charge is -2.31. The van der Waals surface area contributed by atoms with Crippen LogP contribution in [0, 0.1) is 5.92 Å². The number of nitrogens with one attached hydrogen (secondary N) is 1. The fraction of sp³-hybridized carbons (Fsp3) is 0.269. The predicted molar refractivity (Wildman–Crippen MR) is 125 cm³/mol. The molecule has 3 heterocycles. The minimum atomic E-state index is -0.467. The van der Waals surface area contributed by atoms with Gasteiger partial charge in [0.1, 0.15) is 11.4 Å². The Bertz CT molecular complexity index is 1270. The molecule has 5 rings (SSSR count). The van der Waals surface area contributed by atoms with E-state index in [9.17, 15) is 9.59 Å². The van der Waals surface area contributed by atoms with Gasteiger partial charge in [-0.2, -0.15) is 0 Å². The molecule has 0 amide bonds. The van der Waals surface area contributed by atoms with Gasteiger partial charge in [-0.25, -0.2) is 9.78 Å². The summed E-state index contributed by atoms with van der Waals surface area (Å²) in [5, 5.41) is 6.40. The van der Waals surface area contributed by atoms with E-state index in [-0.39, 0.29) is 18.4 Å². The van der Waals surface area contributed by atoms with Crippen LogP contribution in [-0.4, -0.2) is 16.7 Å². The molecule has 0 bridgehead atoms. The average Bonchev–Trinajstić information content (AvgIpc) is 3.56. The maximum Gasteiger partial charge on any atom is 0.337 e. The Labute approximate surface area is 190 Å².